The van der Waals surface area contributed by atoms with Crippen LogP contribution in [0.3, 0.4) is 0 Å². The summed E-state index contributed by atoms with van der Waals surface area (Å²) in [5, 5.41) is 10.3. The fourth-order valence-electron chi connectivity index (χ4n) is 1.21. The van der Waals surface area contributed by atoms with Crippen LogP contribution in [0.2, 0.25) is 0 Å². The lowest BCUT2D eigenvalue weighted by molar-refractivity contribution is -0.304. The molecule has 80 valence electrons. The minimum Gasteiger partial charge on any atom is -0.550 e. The highest BCUT2D eigenvalue weighted by atomic mass is 35.5. The lowest BCUT2D eigenvalue weighted by Gasteiger charge is -2.03. The summed E-state index contributed by atoms with van der Waals surface area (Å²) in [6.07, 6.45) is 0.158. The minimum atomic E-state index is -1.13. The van der Waals surface area contributed by atoms with E-state index in [0.29, 0.717) is 23.4 Å². The van der Waals surface area contributed by atoms with Crippen LogP contribution in [0, 0.1) is 0 Å². The van der Waals surface area contributed by atoms with Crippen molar-refractivity contribution in [3.05, 3.63) is 35.4 Å². The number of halogens is 1. The first-order chi connectivity index (χ1) is 7.13. The topological polar surface area (TPSA) is 57.2 Å². The van der Waals surface area contributed by atoms with E-state index in [-0.39, 0.29) is 12.2 Å². The molecule has 0 radical (unpaired) electrons. The van der Waals surface area contributed by atoms with Gasteiger partial charge in [0.05, 0.1) is 0 Å². The average molecular weight is 226 g/mol. The number of benzene rings is 1. The molecule has 0 saturated carbocycles. The third kappa shape index (κ3) is 3.72. The molecule has 0 heterocycles. The molecule has 0 unspecified atom stereocenters. The Morgan fingerprint density at radius 3 is 2.27 bits per heavy atom. The largest absolute Gasteiger partial charge is 0.550 e. The van der Waals surface area contributed by atoms with Crippen molar-refractivity contribution in [3.63, 3.8) is 0 Å². The summed E-state index contributed by atoms with van der Waals surface area (Å²) in [6.45, 7) is 0. The summed E-state index contributed by atoms with van der Waals surface area (Å²) in [6, 6.07) is 6.43. The number of aliphatic carboxylic acids is 1. The van der Waals surface area contributed by atoms with Crippen LogP contribution in [0.5, 0.6) is 0 Å². The summed E-state index contributed by atoms with van der Waals surface area (Å²) in [5.41, 5.74) is 1.18. The third-order valence-electron chi connectivity index (χ3n) is 1.95. The number of carbonyl (C=O) groups excluding carboxylic acids is 2. The van der Waals surface area contributed by atoms with Gasteiger partial charge in [-0.3, -0.25) is 4.79 Å². The third-order valence-corrected chi connectivity index (χ3v) is 2.13. The molecule has 0 aliphatic carbocycles. The Balaban J connectivity index is 2.71. The second-order valence-corrected chi connectivity index (χ2v) is 3.49. The van der Waals surface area contributed by atoms with Crippen LogP contribution in [0.4, 0.5) is 0 Å². The average Bonchev–Trinajstić information content (AvgIpc) is 2.18. The van der Waals surface area contributed by atoms with Gasteiger partial charge in [-0.05, 0) is 5.56 Å². The van der Waals surface area contributed by atoms with Gasteiger partial charge >= 0.3 is 0 Å². The molecule has 0 aromatic heterocycles. The Kier molecular flexibility index (Phi) is 4.31. The first-order valence-electron chi connectivity index (χ1n) is 4.51. The Morgan fingerprint density at radius 1 is 1.20 bits per heavy atom. The van der Waals surface area contributed by atoms with Crippen molar-refractivity contribution in [2.45, 2.75) is 12.8 Å². The maximum absolute atomic E-state index is 11.4. The zero-order valence-electron chi connectivity index (χ0n) is 8.03. The molecule has 0 aliphatic rings. The molecule has 0 aliphatic heterocycles. The molecule has 1 aromatic rings. The minimum absolute atomic E-state index is 0.0370. The van der Waals surface area contributed by atoms with Crippen molar-refractivity contribution in [1.82, 2.24) is 0 Å². The van der Waals surface area contributed by atoms with E-state index in [1.54, 1.807) is 24.3 Å². The van der Waals surface area contributed by atoms with Crippen LogP contribution in [-0.4, -0.2) is 17.6 Å². The van der Waals surface area contributed by atoms with Crippen molar-refractivity contribution < 1.29 is 14.7 Å². The number of carbonyl (C=O) groups is 2. The normalized spacial score (nSPS) is 9.93. The predicted octanol–water partition coefficient (Wildman–Crippen LogP) is 0.791. The Hall–Kier alpha value is -1.35. The Labute approximate surface area is 92.7 Å². The van der Waals surface area contributed by atoms with Crippen LogP contribution in [0.25, 0.3) is 0 Å². The van der Waals surface area contributed by atoms with E-state index in [2.05, 4.69) is 0 Å². The van der Waals surface area contributed by atoms with Crippen molar-refractivity contribution in [2.75, 3.05) is 5.88 Å². The Morgan fingerprint density at radius 2 is 1.80 bits per heavy atom. The van der Waals surface area contributed by atoms with E-state index in [0.717, 1.165) is 0 Å². The summed E-state index contributed by atoms with van der Waals surface area (Å²) in [4.78, 5) is 21.7. The van der Waals surface area contributed by atoms with Gasteiger partial charge in [-0.25, -0.2) is 0 Å². The van der Waals surface area contributed by atoms with E-state index in [9.17, 15) is 14.7 Å². The number of hydrogen-bond donors (Lipinski definition) is 0. The number of hydrogen-bond acceptors (Lipinski definition) is 3. The number of alkyl halides is 1. The molecule has 0 bridgehead atoms. The highest BCUT2D eigenvalue weighted by Gasteiger charge is 2.04. The fourth-order valence-corrected chi connectivity index (χ4v) is 1.38. The molecule has 1 rings (SSSR count). The maximum Gasteiger partial charge on any atom is 0.164 e. The first-order valence-corrected chi connectivity index (χ1v) is 5.05. The van der Waals surface area contributed by atoms with Gasteiger partial charge in [0.25, 0.3) is 0 Å². The van der Waals surface area contributed by atoms with Crippen molar-refractivity contribution in [2.24, 2.45) is 0 Å². The monoisotopic (exact) mass is 225 g/mol. The van der Waals surface area contributed by atoms with Gasteiger partial charge in [0.1, 0.15) is 0 Å². The van der Waals surface area contributed by atoms with Crippen LogP contribution in [-0.2, 0) is 11.2 Å². The predicted molar refractivity (Wildman–Crippen MR) is 54.8 cm³/mol. The highest BCUT2D eigenvalue weighted by Crippen LogP contribution is 2.07. The van der Waals surface area contributed by atoms with E-state index < -0.39 is 5.97 Å². The van der Waals surface area contributed by atoms with Gasteiger partial charge in [-0.15, -0.1) is 11.6 Å². The van der Waals surface area contributed by atoms with Crippen molar-refractivity contribution in [3.8, 4) is 0 Å². The van der Waals surface area contributed by atoms with Gasteiger partial charge in [-0.2, -0.15) is 0 Å². The van der Waals surface area contributed by atoms with E-state index in [1.165, 1.54) is 0 Å². The lowest BCUT2D eigenvalue weighted by atomic mass is 10.1. The molecule has 15 heavy (non-hydrogen) atoms. The number of Topliss-reactive ketones (excluding diaryl/α,β-unsaturated/α-hetero) is 1. The number of carboxylic acids is 1. The van der Waals surface area contributed by atoms with Gasteiger partial charge in [-0.1, -0.05) is 24.3 Å². The SMILES string of the molecule is O=C([O-])Cc1ccc(C(=O)CCCl)cc1. The molecule has 0 N–H and O–H groups in total. The van der Waals surface area contributed by atoms with Crippen LogP contribution in [0.1, 0.15) is 22.3 Å². The summed E-state index contributed by atoms with van der Waals surface area (Å²) in [5.74, 6) is -0.876. The molecule has 0 spiro atoms. The second-order valence-electron chi connectivity index (χ2n) is 3.11. The van der Waals surface area contributed by atoms with Gasteiger partial charge in [0.2, 0.25) is 0 Å². The molecule has 4 heteroatoms. The molecule has 1 aromatic carbocycles. The second kappa shape index (κ2) is 5.51. The van der Waals surface area contributed by atoms with Crippen LogP contribution in [0.15, 0.2) is 24.3 Å². The molecule has 0 atom stereocenters. The molecular weight excluding hydrogens is 216 g/mol. The summed E-state index contributed by atoms with van der Waals surface area (Å²) < 4.78 is 0. The number of carboxylic acid groups (broad SMARTS) is 1. The van der Waals surface area contributed by atoms with E-state index in [4.69, 9.17) is 11.6 Å². The molecular formula is C11H10ClO3-. The van der Waals surface area contributed by atoms with Crippen molar-refractivity contribution >= 4 is 23.4 Å². The maximum atomic E-state index is 11.4. The van der Waals surface area contributed by atoms with Gasteiger partial charge < -0.3 is 9.90 Å². The van der Waals surface area contributed by atoms with Crippen molar-refractivity contribution in [1.29, 1.82) is 0 Å². The van der Waals surface area contributed by atoms with Gasteiger partial charge in [0.15, 0.2) is 5.78 Å². The number of rotatable bonds is 5. The zero-order valence-corrected chi connectivity index (χ0v) is 8.79. The lowest BCUT2D eigenvalue weighted by Crippen LogP contribution is -2.24. The first kappa shape index (κ1) is 11.7. The van der Waals surface area contributed by atoms with Crippen LogP contribution >= 0.6 is 11.6 Å². The smallest absolute Gasteiger partial charge is 0.164 e. The number of ketones is 1. The Bertz CT molecular complexity index is 357. The quantitative estimate of drug-likeness (QED) is 0.550. The molecule has 0 saturated heterocycles. The zero-order chi connectivity index (χ0) is 11.3. The summed E-state index contributed by atoms with van der Waals surface area (Å²) in [7, 11) is 0. The highest BCUT2D eigenvalue weighted by molar-refractivity contribution is 6.19. The van der Waals surface area contributed by atoms with Gasteiger partial charge in [0, 0.05) is 30.3 Å². The fraction of sp³-hybridized carbons (Fsp3) is 0.273. The van der Waals surface area contributed by atoms with E-state index in [1.807, 2.05) is 0 Å². The molecule has 3 nitrogen and oxygen atoms in total. The molecule has 0 amide bonds. The summed E-state index contributed by atoms with van der Waals surface area (Å²) >= 11 is 5.44. The standard InChI is InChI=1S/C11H11ClO3/c12-6-5-10(13)9-3-1-8(2-4-9)7-11(14)15/h1-4H,5-7H2,(H,14,15)/p-1. The molecule has 0 fully saturated rings. The van der Waals surface area contributed by atoms with E-state index >= 15 is 0 Å². The van der Waals surface area contributed by atoms with Crippen LogP contribution < -0.4 is 5.11 Å².